The van der Waals surface area contributed by atoms with Gasteiger partial charge in [0.25, 0.3) is 0 Å². The van der Waals surface area contributed by atoms with Gasteiger partial charge in [-0.2, -0.15) is 0 Å². The van der Waals surface area contributed by atoms with Gasteiger partial charge in [-0.05, 0) is 52.4 Å². The van der Waals surface area contributed by atoms with Gasteiger partial charge in [0.15, 0.2) is 11.8 Å². The molecular weight excluding hydrogens is 326 g/mol. The molecule has 1 aromatic carbocycles. The predicted molar refractivity (Wildman–Crippen MR) is 90.2 cm³/mol. The summed E-state index contributed by atoms with van der Waals surface area (Å²) in [5, 5.41) is 21.0. The number of aromatic nitrogens is 4. The molecule has 0 aliphatic carbocycles. The van der Waals surface area contributed by atoms with E-state index in [0.29, 0.717) is 5.16 Å². The summed E-state index contributed by atoms with van der Waals surface area (Å²) in [5.41, 5.74) is 2.93. The van der Waals surface area contributed by atoms with Crippen LogP contribution in [0.3, 0.4) is 0 Å². The fourth-order valence-electron chi connectivity index (χ4n) is 2.59. The van der Waals surface area contributed by atoms with Crippen molar-refractivity contribution >= 4 is 34.1 Å². The van der Waals surface area contributed by atoms with Crippen molar-refractivity contribution in [3.05, 3.63) is 64.3 Å². The molecule has 0 spiro atoms. The maximum Gasteiger partial charge on any atom is 0.363 e. The van der Waals surface area contributed by atoms with E-state index in [1.165, 1.54) is 24.0 Å². The van der Waals surface area contributed by atoms with E-state index in [1.54, 1.807) is 6.07 Å². The summed E-state index contributed by atoms with van der Waals surface area (Å²) in [7, 11) is 0. The van der Waals surface area contributed by atoms with Crippen molar-refractivity contribution in [2.45, 2.75) is 17.0 Å². The zero-order chi connectivity index (χ0) is 16.7. The zero-order valence-corrected chi connectivity index (χ0v) is 13.4. The maximum atomic E-state index is 10.7. The molecule has 4 rings (SSSR count). The number of pyridine rings is 2. The van der Waals surface area contributed by atoms with Crippen molar-refractivity contribution in [2.75, 3.05) is 0 Å². The van der Waals surface area contributed by atoms with Crippen molar-refractivity contribution in [1.82, 2.24) is 19.6 Å². The van der Waals surface area contributed by atoms with Crippen LogP contribution in [0.25, 0.3) is 16.6 Å². The second-order valence-corrected chi connectivity index (χ2v) is 6.27. The second kappa shape index (κ2) is 5.57. The lowest BCUT2D eigenvalue weighted by atomic mass is 10.1. The second-order valence-electron chi connectivity index (χ2n) is 5.23. The number of para-hydroxylation sites is 1. The lowest BCUT2D eigenvalue weighted by molar-refractivity contribution is -0.389. The molecule has 7 nitrogen and oxygen atoms in total. The average molecular weight is 337 g/mol. The van der Waals surface area contributed by atoms with E-state index in [4.69, 9.17) is 0 Å². The van der Waals surface area contributed by atoms with E-state index >= 15 is 0 Å². The molecule has 0 saturated heterocycles. The van der Waals surface area contributed by atoms with E-state index in [9.17, 15) is 10.1 Å². The van der Waals surface area contributed by atoms with Crippen molar-refractivity contribution < 1.29 is 4.92 Å². The van der Waals surface area contributed by atoms with Crippen LogP contribution in [0.4, 0.5) is 5.82 Å². The largest absolute Gasteiger partial charge is 0.363 e. The number of hydrogen-bond donors (Lipinski definition) is 0. The lowest BCUT2D eigenvalue weighted by Crippen LogP contribution is -1.93. The molecule has 24 heavy (non-hydrogen) atoms. The van der Waals surface area contributed by atoms with Crippen LogP contribution in [-0.2, 0) is 0 Å². The number of hydrogen-bond acceptors (Lipinski definition) is 6. The first kappa shape index (κ1) is 14.6. The van der Waals surface area contributed by atoms with Crippen LogP contribution in [-0.4, -0.2) is 24.5 Å². The van der Waals surface area contributed by atoms with E-state index in [-0.39, 0.29) is 5.82 Å². The summed E-state index contributed by atoms with van der Waals surface area (Å²) in [5.74, 6) is -0.175. The number of nitro groups is 1. The topological polar surface area (TPSA) is 86.2 Å². The summed E-state index contributed by atoms with van der Waals surface area (Å²) in [6.45, 7) is 2.05. The van der Waals surface area contributed by atoms with Crippen molar-refractivity contribution in [2.24, 2.45) is 0 Å². The third-order valence-corrected chi connectivity index (χ3v) is 4.61. The molecule has 4 aromatic rings. The van der Waals surface area contributed by atoms with E-state index in [1.807, 2.05) is 35.6 Å². The van der Waals surface area contributed by atoms with Crippen LogP contribution in [0.1, 0.15) is 5.56 Å². The Morgan fingerprint density at radius 2 is 2.00 bits per heavy atom. The first-order valence-electron chi connectivity index (χ1n) is 7.15. The van der Waals surface area contributed by atoms with Crippen LogP contribution in [0, 0.1) is 17.0 Å². The standard InChI is InChI=1S/C16H11N5O2S/c1-10-8-15-18-19-16(20(15)13-5-3-2-4-12(10)13)24-11-6-7-14(17-9-11)21(22)23/h2-9H,1H3. The summed E-state index contributed by atoms with van der Waals surface area (Å²) < 4.78 is 1.98. The summed E-state index contributed by atoms with van der Waals surface area (Å²) in [6, 6.07) is 13.1. The van der Waals surface area contributed by atoms with Gasteiger partial charge in [-0.15, -0.1) is 10.2 Å². The lowest BCUT2D eigenvalue weighted by Gasteiger charge is -2.06. The van der Waals surface area contributed by atoms with Gasteiger partial charge in [-0.3, -0.25) is 4.40 Å². The Bertz CT molecular complexity index is 1080. The van der Waals surface area contributed by atoms with E-state index in [0.717, 1.165) is 27.0 Å². The molecule has 8 heteroatoms. The Morgan fingerprint density at radius 1 is 1.17 bits per heavy atom. The van der Waals surface area contributed by atoms with Gasteiger partial charge in [0.2, 0.25) is 5.16 Å². The zero-order valence-electron chi connectivity index (χ0n) is 12.6. The predicted octanol–water partition coefficient (Wildman–Crippen LogP) is 3.65. The van der Waals surface area contributed by atoms with Crippen LogP contribution in [0.2, 0.25) is 0 Å². The van der Waals surface area contributed by atoms with Gasteiger partial charge in [0, 0.05) is 11.5 Å². The highest BCUT2D eigenvalue weighted by Gasteiger charge is 2.14. The van der Waals surface area contributed by atoms with Gasteiger partial charge in [-0.25, -0.2) is 0 Å². The molecule has 118 valence electrons. The molecule has 0 N–H and O–H groups in total. The van der Waals surface area contributed by atoms with Crippen molar-refractivity contribution in [3.63, 3.8) is 0 Å². The van der Waals surface area contributed by atoms with Gasteiger partial charge in [-0.1, -0.05) is 18.2 Å². The van der Waals surface area contributed by atoms with E-state index < -0.39 is 4.92 Å². The first-order chi connectivity index (χ1) is 11.6. The minimum Gasteiger partial charge on any atom is -0.358 e. The maximum absolute atomic E-state index is 10.7. The van der Waals surface area contributed by atoms with E-state index in [2.05, 4.69) is 21.2 Å². The van der Waals surface area contributed by atoms with Crippen LogP contribution in [0.15, 0.2) is 58.7 Å². The normalized spacial score (nSPS) is 11.2. The van der Waals surface area contributed by atoms with Gasteiger partial charge >= 0.3 is 5.82 Å². The van der Waals surface area contributed by atoms with Gasteiger partial charge in [0.1, 0.15) is 0 Å². The molecule has 0 aliphatic rings. The molecule has 0 aliphatic heterocycles. The highest BCUT2D eigenvalue weighted by Crippen LogP contribution is 2.30. The molecule has 0 bridgehead atoms. The molecule has 0 amide bonds. The summed E-state index contributed by atoms with van der Waals surface area (Å²) in [4.78, 5) is 14.8. The third-order valence-electron chi connectivity index (χ3n) is 3.69. The number of nitrogens with zero attached hydrogens (tertiary/aromatic N) is 5. The first-order valence-corrected chi connectivity index (χ1v) is 7.97. The van der Waals surface area contributed by atoms with Gasteiger partial charge < -0.3 is 10.1 Å². The van der Waals surface area contributed by atoms with Crippen LogP contribution >= 0.6 is 11.8 Å². The molecular formula is C16H11N5O2S. The quantitative estimate of drug-likeness (QED) is 0.419. The fourth-order valence-corrected chi connectivity index (χ4v) is 3.40. The Balaban J connectivity index is 1.82. The summed E-state index contributed by atoms with van der Waals surface area (Å²) >= 11 is 1.37. The molecule has 0 unspecified atom stereocenters. The molecule has 3 heterocycles. The van der Waals surface area contributed by atoms with Crippen molar-refractivity contribution in [1.29, 1.82) is 0 Å². The Morgan fingerprint density at radius 3 is 2.75 bits per heavy atom. The monoisotopic (exact) mass is 337 g/mol. The Labute approximate surface area is 140 Å². The Kier molecular flexibility index (Phi) is 3.39. The van der Waals surface area contributed by atoms with Crippen molar-refractivity contribution in [3.8, 4) is 0 Å². The molecule has 0 radical (unpaired) electrons. The Hall–Kier alpha value is -3.00. The SMILES string of the molecule is Cc1cc2nnc(Sc3ccc([N+](=O)[O-])nc3)n2c2ccccc12. The van der Waals surface area contributed by atoms with Crippen LogP contribution in [0.5, 0.6) is 0 Å². The molecule has 0 atom stereocenters. The molecule has 3 aromatic heterocycles. The fraction of sp³-hybridized carbons (Fsp3) is 0.0625. The van der Waals surface area contributed by atoms with Gasteiger partial charge in [0.05, 0.1) is 10.4 Å². The highest BCUT2D eigenvalue weighted by molar-refractivity contribution is 7.99. The minimum absolute atomic E-state index is 0.175. The number of fused-ring (bicyclic) bond motifs is 3. The number of benzene rings is 1. The summed E-state index contributed by atoms with van der Waals surface area (Å²) in [6.07, 6.45) is 1.47. The average Bonchev–Trinajstić information content (AvgIpc) is 2.98. The smallest absolute Gasteiger partial charge is 0.358 e. The molecule has 0 fully saturated rings. The van der Waals surface area contributed by atoms with Crippen LogP contribution < -0.4 is 0 Å². The molecule has 0 saturated carbocycles. The minimum atomic E-state index is -0.517. The number of aryl methyl sites for hydroxylation is 1. The highest BCUT2D eigenvalue weighted by atomic mass is 32.2. The third kappa shape index (κ3) is 2.37. The number of rotatable bonds is 3.